The van der Waals surface area contributed by atoms with Crippen molar-refractivity contribution in [3.05, 3.63) is 0 Å². The van der Waals surface area contributed by atoms with Crippen molar-refractivity contribution in [2.75, 3.05) is 33.2 Å². The number of piperidine rings is 1. The van der Waals surface area contributed by atoms with Crippen molar-refractivity contribution in [1.82, 2.24) is 10.2 Å². The fourth-order valence-electron chi connectivity index (χ4n) is 1.87. The fourth-order valence-corrected chi connectivity index (χ4v) is 1.87. The minimum atomic E-state index is -0.217. The van der Waals surface area contributed by atoms with Crippen LogP contribution in [0.4, 0.5) is 0 Å². The van der Waals surface area contributed by atoms with E-state index in [2.05, 4.69) is 17.3 Å². The number of nitrogens with one attached hydrogen (secondary N) is 1. The van der Waals surface area contributed by atoms with Gasteiger partial charge in [0.05, 0.1) is 0 Å². The molecule has 0 saturated carbocycles. The number of carbonyl (C=O) groups is 1. The zero-order valence-electron chi connectivity index (χ0n) is 9.83. The first-order valence-electron chi connectivity index (χ1n) is 5.78. The molecule has 1 aliphatic heterocycles. The maximum Gasteiger partial charge on any atom is 0.221 e. The first kappa shape index (κ1) is 12.5. The molecule has 0 aromatic rings. The van der Waals surface area contributed by atoms with Gasteiger partial charge in [0.25, 0.3) is 0 Å². The van der Waals surface area contributed by atoms with Gasteiger partial charge in [-0.05, 0) is 45.4 Å². The van der Waals surface area contributed by atoms with Crippen molar-refractivity contribution in [3.63, 3.8) is 0 Å². The van der Waals surface area contributed by atoms with Crippen molar-refractivity contribution in [1.29, 1.82) is 0 Å². The summed E-state index contributed by atoms with van der Waals surface area (Å²) in [7, 11) is 2.17. The summed E-state index contributed by atoms with van der Waals surface area (Å²) >= 11 is 0. The molecule has 0 spiro atoms. The standard InChI is InChI=1S/C11H23N3O/c1-9(11(12)15)7-13-8-10-3-5-14(2)6-4-10/h9-10,13H,3-8H2,1-2H3,(H2,12,15). The van der Waals surface area contributed by atoms with Crippen LogP contribution in [-0.2, 0) is 4.79 Å². The quantitative estimate of drug-likeness (QED) is 0.678. The Bertz CT molecular complexity index is 200. The van der Waals surface area contributed by atoms with Gasteiger partial charge in [0.1, 0.15) is 0 Å². The predicted octanol–water partition coefficient (Wildman–Crippen LogP) is 0.0392. The SMILES string of the molecule is CC(CNCC1CCN(C)CC1)C(N)=O. The van der Waals surface area contributed by atoms with E-state index in [1.54, 1.807) is 0 Å². The molecule has 1 fully saturated rings. The van der Waals surface area contributed by atoms with Crippen LogP contribution in [0.15, 0.2) is 0 Å². The lowest BCUT2D eigenvalue weighted by molar-refractivity contribution is -0.121. The zero-order chi connectivity index (χ0) is 11.3. The molecule has 1 amide bonds. The largest absolute Gasteiger partial charge is 0.369 e. The highest BCUT2D eigenvalue weighted by atomic mass is 16.1. The molecule has 1 rings (SSSR count). The second-order valence-electron chi connectivity index (χ2n) is 4.71. The minimum absolute atomic E-state index is 0.0590. The van der Waals surface area contributed by atoms with Crippen molar-refractivity contribution in [3.8, 4) is 0 Å². The van der Waals surface area contributed by atoms with Gasteiger partial charge in [-0.25, -0.2) is 0 Å². The molecule has 4 nitrogen and oxygen atoms in total. The molecule has 1 heterocycles. The molecule has 0 bridgehead atoms. The summed E-state index contributed by atoms with van der Waals surface area (Å²) < 4.78 is 0. The van der Waals surface area contributed by atoms with Crippen molar-refractivity contribution < 1.29 is 4.79 Å². The Hall–Kier alpha value is -0.610. The lowest BCUT2D eigenvalue weighted by Gasteiger charge is -2.29. The molecule has 15 heavy (non-hydrogen) atoms. The average Bonchev–Trinajstić information content (AvgIpc) is 2.20. The van der Waals surface area contributed by atoms with Crippen LogP contribution < -0.4 is 11.1 Å². The number of likely N-dealkylation sites (tertiary alicyclic amines) is 1. The number of amides is 1. The third-order valence-corrected chi connectivity index (χ3v) is 3.21. The smallest absolute Gasteiger partial charge is 0.221 e. The first-order chi connectivity index (χ1) is 7.09. The summed E-state index contributed by atoms with van der Waals surface area (Å²) in [5.41, 5.74) is 5.19. The third kappa shape index (κ3) is 4.62. The number of nitrogens with zero attached hydrogens (tertiary/aromatic N) is 1. The van der Waals surface area contributed by atoms with Gasteiger partial charge >= 0.3 is 0 Å². The van der Waals surface area contributed by atoms with Crippen molar-refractivity contribution >= 4 is 5.91 Å². The number of primary amides is 1. The molecule has 4 heteroatoms. The second-order valence-corrected chi connectivity index (χ2v) is 4.71. The lowest BCUT2D eigenvalue weighted by atomic mass is 9.97. The van der Waals surface area contributed by atoms with E-state index in [4.69, 9.17) is 5.73 Å². The normalized spacial score (nSPS) is 21.5. The summed E-state index contributed by atoms with van der Waals surface area (Å²) in [6.45, 7) is 5.98. The molecule has 88 valence electrons. The van der Waals surface area contributed by atoms with Crippen LogP contribution >= 0.6 is 0 Å². The number of hydrogen-bond acceptors (Lipinski definition) is 3. The van der Waals surface area contributed by atoms with Gasteiger partial charge in [-0.3, -0.25) is 4.79 Å². The highest BCUT2D eigenvalue weighted by Gasteiger charge is 2.16. The van der Waals surface area contributed by atoms with E-state index in [0.717, 1.165) is 12.5 Å². The second kappa shape index (κ2) is 6.08. The Balaban J connectivity index is 2.07. The molecular weight excluding hydrogens is 190 g/mol. The average molecular weight is 213 g/mol. The molecule has 1 atom stereocenters. The fraction of sp³-hybridized carbons (Fsp3) is 0.909. The monoisotopic (exact) mass is 213 g/mol. The Morgan fingerprint density at radius 1 is 1.53 bits per heavy atom. The number of hydrogen-bond donors (Lipinski definition) is 2. The predicted molar refractivity (Wildman–Crippen MR) is 61.4 cm³/mol. The molecule has 1 saturated heterocycles. The summed E-state index contributed by atoms with van der Waals surface area (Å²) in [6.07, 6.45) is 2.52. The van der Waals surface area contributed by atoms with Gasteiger partial charge in [-0.15, -0.1) is 0 Å². The summed E-state index contributed by atoms with van der Waals surface area (Å²) in [6, 6.07) is 0. The molecule has 0 aromatic carbocycles. The zero-order valence-corrected chi connectivity index (χ0v) is 9.83. The Kier molecular flexibility index (Phi) is 5.05. The molecule has 0 radical (unpaired) electrons. The van der Waals surface area contributed by atoms with Crippen LogP contribution in [0.25, 0.3) is 0 Å². The maximum absolute atomic E-state index is 10.8. The van der Waals surface area contributed by atoms with Gasteiger partial charge in [0.2, 0.25) is 5.91 Å². The first-order valence-corrected chi connectivity index (χ1v) is 5.78. The van der Waals surface area contributed by atoms with Crippen LogP contribution in [0, 0.1) is 11.8 Å². The molecule has 3 N–H and O–H groups in total. The number of rotatable bonds is 5. The Labute approximate surface area is 92.2 Å². The molecular formula is C11H23N3O. The Morgan fingerprint density at radius 3 is 2.67 bits per heavy atom. The number of nitrogens with two attached hydrogens (primary N) is 1. The molecule has 0 aliphatic carbocycles. The summed E-state index contributed by atoms with van der Waals surface area (Å²) in [5.74, 6) is 0.489. The highest BCUT2D eigenvalue weighted by molar-refractivity contribution is 5.76. The van der Waals surface area contributed by atoms with Crippen LogP contribution in [0.2, 0.25) is 0 Å². The van der Waals surface area contributed by atoms with E-state index in [-0.39, 0.29) is 11.8 Å². The van der Waals surface area contributed by atoms with Gasteiger partial charge in [0.15, 0.2) is 0 Å². The number of carbonyl (C=O) groups excluding carboxylic acids is 1. The van der Waals surface area contributed by atoms with Crippen LogP contribution in [-0.4, -0.2) is 44.0 Å². The van der Waals surface area contributed by atoms with Gasteiger partial charge in [-0.2, -0.15) is 0 Å². The third-order valence-electron chi connectivity index (χ3n) is 3.21. The summed E-state index contributed by atoms with van der Waals surface area (Å²) in [5, 5.41) is 3.33. The highest BCUT2D eigenvalue weighted by Crippen LogP contribution is 2.14. The van der Waals surface area contributed by atoms with Crippen LogP contribution in [0.3, 0.4) is 0 Å². The van der Waals surface area contributed by atoms with Crippen molar-refractivity contribution in [2.45, 2.75) is 19.8 Å². The molecule has 1 aliphatic rings. The van der Waals surface area contributed by atoms with E-state index in [9.17, 15) is 4.79 Å². The van der Waals surface area contributed by atoms with Crippen LogP contribution in [0.5, 0.6) is 0 Å². The Morgan fingerprint density at radius 2 is 2.13 bits per heavy atom. The van der Waals surface area contributed by atoms with E-state index in [1.165, 1.54) is 25.9 Å². The van der Waals surface area contributed by atoms with Gasteiger partial charge in [-0.1, -0.05) is 6.92 Å². The van der Waals surface area contributed by atoms with E-state index < -0.39 is 0 Å². The topological polar surface area (TPSA) is 58.4 Å². The molecule has 0 aromatic heterocycles. The van der Waals surface area contributed by atoms with E-state index >= 15 is 0 Å². The maximum atomic E-state index is 10.8. The molecule has 1 unspecified atom stereocenters. The minimum Gasteiger partial charge on any atom is -0.369 e. The van der Waals surface area contributed by atoms with E-state index in [1.807, 2.05) is 6.92 Å². The van der Waals surface area contributed by atoms with E-state index in [0.29, 0.717) is 6.54 Å². The van der Waals surface area contributed by atoms with Crippen molar-refractivity contribution in [2.24, 2.45) is 17.6 Å². The lowest BCUT2D eigenvalue weighted by Crippen LogP contribution is -2.37. The van der Waals surface area contributed by atoms with Gasteiger partial charge in [0, 0.05) is 12.5 Å². The van der Waals surface area contributed by atoms with Gasteiger partial charge < -0.3 is 16.0 Å². The van der Waals surface area contributed by atoms with Crippen LogP contribution in [0.1, 0.15) is 19.8 Å². The summed E-state index contributed by atoms with van der Waals surface area (Å²) in [4.78, 5) is 13.2.